The van der Waals surface area contributed by atoms with Crippen LogP contribution >= 0.6 is 0 Å². The lowest BCUT2D eigenvalue weighted by atomic mass is 9.83. The fraction of sp³-hybridized carbons (Fsp3) is 0.529. The molecule has 8 nitrogen and oxygen atoms in total. The quantitative estimate of drug-likeness (QED) is 0.828. The molecule has 2 aliphatic rings. The first-order chi connectivity index (χ1) is 12.2. The second-order valence-electron chi connectivity index (χ2n) is 6.52. The number of amides is 1. The summed E-state index contributed by atoms with van der Waals surface area (Å²) in [5.41, 5.74) is 0.481. The second-order valence-corrected chi connectivity index (χ2v) is 6.52. The SMILES string of the molecule is COc1ncccc1C(=O)N1C[C@H]2COC[C@@H](c3nc(C)no3)[C@H]2C1. The fourth-order valence-corrected chi connectivity index (χ4v) is 3.77. The van der Waals surface area contributed by atoms with Crippen molar-refractivity contribution in [2.24, 2.45) is 11.8 Å². The lowest BCUT2D eigenvalue weighted by Gasteiger charge is -2.30. The van der Waals surface area contributed by atoms with E-state index in [1.807, 2.05) is 4.90 Å². The van der Waals surface area contributed by atoms with E-state index < -0.39 is 0 Å². The summed E-state index contributed by atoms with van der Waals surface area (Å²) in [7, 11) is 1.52. The van der Waals surface area contributed by atoms with E-state index in [1.54, 1.807) is 25.3 Å². The molecule has 0 aliphatic carbocycles. The lowest BCUT2D eigenvalue weighted by Crippen LogP contribution is -2.33. The maximum absolute atomic E-state index is 12.9. The normalized spacial score (nSPS) is 25.7. The van der Waals surface area contributed by atoms with Crippen molar-refractivity contribution in [1.29, 1.82) is 0 Å². The van der Waals surface area contributed by atoms with Crippen molar-refractivity contribution >= 4 is 5.91 Å². The van der Waals surface area contributed by atoms with Crippen LogP contribution in [0.1, 0.15) is 28.0 Å². The maximum atomic E-state index is 12.9. The van der Waals surface area contributed by atoms with Gasteiger partial charge in [-0.15, -0.1) is 0 Å². The van der Waals surface area contributed by atoms with Crippen LogP contribution in [0.3, 0.4) is 0 Å². The van der Waals surface area contributed by atoms with Gasteiger partial charge in [0.05, 0.1) is 26.2 Å². The van der Waals surface area contributed by atoms with Gasteiger partial charge in [0.15, 0.2) is 5.82 Å². The zero-order valence-electron chi connectivity index (χ0n) is 14.2. The Labute approximate surface area is 145 Å². The predicted octanol–water partition coefficient (Wildman–Crippen LogP) is 1.28. The molecule has 2 aromatic rings. The summed E-state index contributed by atoms with van der Waals surface area (Å²) in [6.07, 6.45) is 1.61. The first-order valence-corrected chi connectivity index (χ1v) is 8.33. The van der Waals surface area contributed by atoms with Gasteiger partial charge in [0.25, 0.3) is 5.91 Å². The fourth-order valence-electron chi connectivity index (χ4n) is 3.77. The highest BCUT2D eigenvalue weighted by Crippen LogP contribution is 2.39. The highest BCUT2D eigenvalue weighted by Gasteiger charge is 2.45. The highest BCUT2D eigenvalue weighted by molar-refractivity contribution is 5.96. The largest absolute Gasteiger partial charge is 0.480 e. The van der Waals surface area contributed by atoms with E-state index in [0.29, 0.717) is 49.5 Å². The zero-order valence-corrected chi connectivity index (χ0v) is 14.2. The van der Waals surface area contributed by atoms with E-state index in [0.717, 1.165) is 0 Å². The molecule has 0 spiro atoms. The molecule has 0 bridgehead atoms. The second kappa shape index (κ2) is 6.44. The summed E-state index contributed by atoms with van der Waals surface area (Å²) in [5.74, 6) is 2.03. The molecular weight excluding hydrogens is 324 g/mol. The van der Waals surface area contributed by atoms with Gasteiger partial charge >= 0.3 is 0 Å². The molecule has 25 heavy (non-hydrogen) atoms. The number of hydrogen-bond acceptors (Lipinski definition) is 7. The van der Waals surface area contributed by atoms with Crippen molar-refractivity contribution in [2.45, 2.75) is 12.8 Å². The standard InChI is InChI=1S/C17H20N4O4/c1-10-19-16(25-20-10)14-9-24-8-11-6-21(7-13(11)14)17(22)12-4-3-5-18-15(12)23-2/h3-5,11,13-14H,6-9H2,1-2H3/t11-,13-,14+/m0/s1. The summed E-state index contributed by atoms with van der Waals surface area (Å²) in [6, 6.07) is 3.48. The third kappa shape index (κ3) is 2.86. The highest BCUT2D eigenvalue weighted by atomic mass is 16.5. The van der Waals surface area contributed by atoms with Crippen LogP contribution in [0.2, 0.25) is 0 Å². The van der Waals surface area contributed by atoms with Gasteiger partial charge in [0, 0.05) is 25.2 Å². The first kappa shape index (κ1) is 16.0. The molecular formula is C17H20N4O4. The Balaban J connectivity index is 1.56. The summed E-state index contributed by atoms with van der Waals surface area (Å²) in [5, 5.41) is 3.88. The minimum absolute atomic E-state index is 0.0218. The Morgan fingerprint density at radius 2 is 2.24 bits per heavy atom. The first-order valence-electron chi connectivity index (χ1n) is 8.33. The molecule has 3 atom stereocenters. The average Bonchev–Trinajstić information content (AvgIpc) is 3.26. The van der Waals surface area contributed by atoms with Crippen molar-refractivity contribution < 1.29 is 18.8 Å². The van der Waals surface area contributed by atoms with Crippen LogP contribution in [0.4, 0.5) is 0 Å². The van der Waals surface area contributed by atoms with Gasteiger partial charge in [0.2, 0.25) is 11.8 Å². The van der Waals surface area contributed by atoms with Crippen LogP contribution in [-0.4, -0.2) is 59.3 Å². The monoisotopic (exact) mass is 344 g/mol. The minimum atomic E-state index is -0.0696. The number of aryl methyl sites for hydroxylation is 1. The predicted molar refractivity (Wildman–Crippen MR) is 86.3 cm³/mol. The Kier molecular flexibility index (Phi) is 4.12. The number of pyridine rings is 1. The topological polar surface area (TPSA) is 90.6 Å². The lowest BCUT2D eigenvalue weighted by molar-refractivity contribution is 0.00992. The number of hydrogen-bond donors (Lipinski definition) is 0. The Morgan fingerprint density at radius 1 is 1.36 bits per heavy atom. The molecule has 0 aromatic carbocycles. The van der Waals surface area contributed by atoms with Crippen molar-refractivity contribution in [3.05, 3.63) is 35.6 Å². The number of methoxy groups -OCH3 is 1. The molecule has 2 aliphatic heterocycles. The van der Waals surface area contributed by atoms with Crippen molar-refractivity contribution in [2.75, 3.05) is 33.4 Å². The van der Waals surface area contributed by atoms with Crippen LogP contribution in [-0.2, 0) is 4.74 Å². The maximum Gasteiger partial charge on any atom is 0.259 e. The Morgan fingerprint density at radius 3 is 3.00 bits per heavy atom. The summed E-state index contributed by atoms with van der Waals surface area (Å²) in [4.78, 5) is 23.3. The third-order valence-corrected chi connectivity index (χ3v) is 4.98. The number of carbonyl (C=O) groups excluding carboxylic acids is 1. The minimum Gasteiger partial charge on any atom is -0.480 e. The molecule has 1 amide bonds. The summed E-state index contributed by atoms with van der Waals surface area (Å²) in [6.45, 7) is 4.26. The van der Waals surface area contributed by atoms with E-state index in [2.05, 4.69) is 15.1 Å². The van der Waals surface area contributed by atoms with Gasteiger partial charge in [-0.3, -0.25) is 4.79 Å². The smallest absolute Gasteiger partial charge is 0.259 e. The molecule has 132 valence electrons. The van der Waals surface area contributed by atoms with Gasteiger partial charge in [-0.05, 0) is 25.0 Å². The van der Waals surface area contributed by atoms with Crippen LogP contribution in [0.15, 0.2) is 22.9 Å². The molecule has 2 fully saturated rings. The summed E-state index contributed by atoms with van der Waals surface area (Å²) >= 11 is 0. The molecule has 2 saturated heterocycles. The van der Waals surface area contributed by atoms with Gasteiger partial charge < -0.3 is 18.9 Å². The molecule has 0 radical (unpaired) electrons. The Bertz CT molecular complexity index is 778. The molecule has 4 rings (SSSR count). The molecule has 2 aromatic heterocycles. The van der Waals surface area contributed by atoms with Crippen LogP contribution < -0.4 is 4.74 Å². The number of fused-ring (bicyclic) bond motifs is 1. The number of ether oxygens (including phenoxy) is 2. The van der Waals surface area contributed by atoms with Gasteiger partial charge in [-0.1, -0.05) is 5.16 Å². The third-order valence-electron chi connectivity index (χ3n) is 4.98. The molecule has 0 N–H and O–H groups in total. The van der Waals surface area contributed by atoms with E-state index in [4.69, 9.17) is 14.0 Å². The Hall–Kier alpha value is -2.48. The van der Waals surface area contributed by atoms with Crippen molar-refractivity contribution in [3.8, 4) is 5.88 Å². The molecule has 4 heterocycles. The van der Waals surface area contributed by atoms with E-state index >= 15 is 0 Å². The van der Waals surface area contributed by atoms with E-state index in [1.165, 1.54) is 7.11 Å². The van der Waals surface area contributed by atoms with Crippen LogP contribution in [0.5, 0.6) is 5.88 Å². The number of carbonyl (C=O) groups is 1. The van der Waals surface area contributed by atoms with Gasteiger partial charge in [-0.2, -0.15) is 4.98 Å². The van der Waals surface area contributed by atoms with Crippen LogP contribution in [0.25, 0.3) is 0 Å². The van der Waals surface area contributed by atoms with Crippen molar-refractivity contribution in [1.82, 2.24) is 20.0 Å². The van der Waals surface area contributed by atoms with Crippen molar-refractivity contribution in [3.63, 3.8) is 0 Å². The number of aromatic nitrogens is 3. The van der Waals surface area contributed by atoms with E-state index in [9.17, 15) is 4.79 Å². The number of likely N-dealkylation sites (tertiary alicyclic amines) is 1. The van der Waals surface area contributed by atoms with Gasteiger partial charge in [0.1, 0.15) is 5.56 Å². The van der Waals surface area contributed by atoms with Gasteiger partial charge in [-0.25, -0.2) is 4.98 Å². The number of nitrogens with zero attached hydrogens (tertiary/aromatic N) is 4. The van der Waals surface area contributed by atoms with E-state index in [-0.39, 0.29) is 23.7 Å². The zero-order chi connectivity index (χ0) is 17.4. The average molecular weight is 344 g/mol. The molecule has 0 saturated carbocycles. The van der Waals surface area contributed by atoms with Crippen LogP contribution in [0, 0.1) is 18.8 Å². The molecule has 8 heteroatoms. The number of rotatable bonds is 3. The molecule has 0 unspecified atom stereocenters. The summed E-state index contributed by atoms with van der Waals surface area (Å²) < 4.78 is 16.3.